The van der Waals surface area contributed by atoms with Crippen molar-refractivity contribution < 1.29 is 14.0 Å². The molecule has 108 valence electrons. The molecule has 4 nitrogen and oxygen atoms in total. The molecule has 0 saturated carbocycles. The second-order valence-electron chi connectivity index (χ2n) is 4.71. The fourth-order valence-corrected chi connectivity index (χ4v) is 1.85. The molecule has 0 aromatic heterocycles. The lowest BCUT2D eigenvalue weighted by molar-refractivity contribution is 0.0949. The summed E-state index contributed by atoms with van der Waals surface area (Å²) >= 11 is 0. The smallest absolute Gasteiger partial charge is 0.251 e. The summed E-state index contributed by atoms with van der Waals surface area (Å²) in [4.78, 5) is 23.0. The lowest BCUT2D eigenvalue weighted by Gasteiger charge is -2.07. The van der Waals surface area contributed by atoms with Crippen molar-refractivity contribution in [3.63, 3.8) is 0 Å². The van der Waals surface area contributed by atoms with E-state index in [2.05, 4.69) is 5.32 Å². The molecule has 0 aliphatic rings. The maximum atomic E-state index is 13.4. The molecule has 3 N–H and O–H groups in total. The number of carbonyl (C=O) groups is 2. The van der Waals surface area contributed by atoms with Gasteiger partial charge in [0, 0.05) is 17.7 Å². The minimum Gasteiger partial charge on any atom is -0.366 e. The van der Waals surface area contributed by atoms with Gasteiger partial charge in [0.05, 0.1) is 0 Å². The molecule has 21 heavy (non-hydrogen) atoms. The Balaban J connectivity index is 2.05. The van der Waals surface area contributed by atoms with Gasteiger partial charge in [-0.2, -0.15) is 0 Å². The Morgan fingerprint density at radius 2 is 1.90 bits per heavy atom. The first kappa shape index (κ1) is 14.7. The molecule has 0 spiro atoms. The number of nitrogens with two attached hydrogens (primary N) is 1. The Labute approximate surface area is 121 Å². The summed E-state index contributed by atoms with van der Waals surface area (Å²) in [6, 6.07) is 11.0. The molecule has 0 unspecified atom stereocenters. The number of primary amides is 1. The molecule has 0 aliphatic carbocycles. The summed E-state index contributed by atoms with van der Waals surface area (Å²) in [6.45, 7) is 1.86. The van der Waals surface area contributed by atoms with E-state index in [1.165, 1.54) is 6.07 Å². The van der Waals surface area contributed by atoms with Crippen LogP contribution in [0.3, 0.4) is 0 Å². The summed E-state index contributed by atoms with van der Waals surface area (Å²) in [5.41, 5.74) is 7.05. The van der Waals surface area contributed by atoms with E-state index in [4.69, 9.17) is 5.73 Å². The zero-order valence-corrected chi connectivity index (χ0v) is 11.5. The Kier molecular flexibility index (Phi) is 4.33. The Bertz CT molecular complexity index is 698. The summed E-state index contributed by atoms with van der Waals surface area (Å²) in [5, 5.41) is 2.67. The standard InChI is InChI=1S/C16H15FN2O2/c1-10-5-6-13(8-14(10)17)16(21)19-9-11-3-2-4-12(7-11)15(18)20/h2-8H,9H2,1H3,(H2,18,20)(H,19,21). The van der Waals surface area contributed by atoms with Crippen LogP contribution in [0.15, 0.2) is 42.5 Å². The molecule has 0 radical (unpaired) electrons. The fraction of sp³-hybridized carbons (Fsp3) is 0.125. The van der Waals surface area contributed by atoms with E-state index in [9.17, 15) is 14.0 Å². The zero-order valence-electron chi connectivity index (χ0n) is 11.5. The van der Waals surface area contributed by atoms with Gasteiger partial charge < -0.3 is 11.1 Å². The number of rotatable bonds is 4. The van der Waals surface area contributed by atoms with Crippen LogP contribution in [-0.4, -0.2) is 11.8 Å². The maximum Gasteiger partial charge on any atom is 0.251 e. The quantitative estimate of drug-likeness (QED) is 0.904. The third-order valence-corrected chi connectivity index (χ3v) is 3.10. The summed E-state index contributed by atoms with van der Waals surface area (Å²) in [7, 11) is 0. The molecule has 2 amide bonds. The highest BCUT2D eigenvalue weighted by atomic mass is 19.1. The van der Waals surface area contributed by atoms with Gasteiger partial charge in [-0.25, -0.2) is 4.39 Å². The van der Waals surface area contributed by atoms with Crippen LogP contribution < -0.4 is 11.1 Å². The minimum absolute atomic E-state index is 0.232. The molecule has 0 bridgehead atoms. The topological polar surface area (TPSA) is 72.2 Å². The molecule has 5 heteroatoms. The van der Waals surface area contributed by atoms with Crippen LogP contribution in [0.25, 0.3) is 0 Å². The van der Waals surface area contributed by atoms with Crippen LogP contribution in [0.2, 0.25) is 0 Å². The molecule has 0 fully saturated rings. The lowest BCUT2D eigenvalue weighted by atomic mass is 10.1. The van der Waals surface area contributed by atoms with Crippen LogP contribution in [0.5, 0.6) is 0 Å². The highest BCUT2D eigenvalue weighted by Gasteiger charge is 2.08. The van der Waals surface area contributed by atoms with E-state index in [0.29, 0.717) is 11.1 Å². The van der Waals surface area contributed by atoms with Crippen LogP contribution in [0.1, 0.15) is 31.8 Å². The van der Waals surface area contributed by atoms with Crippen molar-refractivity contribution in [2.45, 2.75) is 13.5 Å². The summed E-state index contributed by atoms with van der Waals surface area (Å²) in [5.74, 6) is -1.32. The van der Waals surface area contributed by atoms with Gasteiger partial charge >= 0.3 is 0 Å². The van der Waals surface area contributed by atoms with Gasteiger partial charge in [0.25, 0.3) is 5.91 Å². The summed E-state index contributed by atoms with van der Waals surface area (Å²) < 4.78 is 13.4. The highest BCUT2D eigenvalue weighted by molar-refractivity contribution is 5.94. The number of aryl methyl sites for hydroxylation is 1. The van der Waals surface area contributed by atoms with Crippen LogP contribution >= 0.6 is 0 Å². The second kappa shape index (κ2) is 6.17. The molecule has 0 heterocycles. The number of nitrogens with one attached hydrogen (secondary N) is 1. The van der Waals surface area contributed by atoms with Gasteiger partial charge in [-0.05, 0) is 42.3 Å². The van der Waals surface area contributed by atoms with Crippen molar-refractivity contribution in [3.05, 3.63) is 70.5 Å². The van der Waals surface area contributed by atoms with Crippen molar-refractivity contribution in [3.8, 4) is 0 Å². The third-order valence-electron chi connectivity index (χ3n) is 3.10. The van der Waals surface area contributed by atoms with E-state index in [1.54, 1.807) is 43.3 Å². The number of amides is 2. The average molecular weight is 286 g/mol. The SMILES string of the molecule is Cc1ccc(C(=O)NCc2cccc(C(N)=O)c2)cc1F. The van der Waals surface area contributed by atoms with Crippen molar-refractivity contribution in [2.75, 3.05) is 0 Å². The summed E-state index contributed by atoms with van der Waals surface area (Å²) in [6.07, 6.45) is 0. The fourth-order valence-electron chi connectivity index (χ4n) is 1.85. The average Bonchev–Trinajstić information content (AvgIpc) is 2.48. The van der Waals surface area contributed by atoms with Crippen LogP contribution in [0, 0.1) is 12.7 Å². The molecule has 2 rings (SSSR count). The van der Waals surface area contributed by atoms with E-state index in [0.717, 1.165) is 5.56 Å². The first-order valence-electron chi connectivity index (χ1n) is 6.40. The predicted molar refractivity (Wildman–Crippen MR) is 77.3 cm³/mol. The molecule has 2 aromatic rings. The predicted octanol–water partition coefficient (Wildman–Crippen LogP) is 2.16. The number of hydrogen-bond donors (Lipinski definition) is 2. The van der Waals surface area contributed by atoms with Crippen molar-refractivity contribution in [2.24, 2.45) is 5.73 Å². The van der Waals surface area contributed by atoms with Crippen molar-refractivity contribution in [1.29, 1.82) is 0 Å². The van der Waals surface area contributed by atoms with Gasteiger partial charge in [-0.1, -0.05) is 18.2 Å². The molecular formula is C16H15FN2O2. The maximum absolute atomic E-state index is 13.4. The Morgan fingerprint density at radius 1 is 1.14 bits per heavy atom. The largest absolute Gasteiger partial charge is 0.366 e. The third kappa shape index (κ3) is 3.66. The molecule has 0 saturated heterocycles. The molecule has 0 aliphatic heterocycles. The first-order chi connectivity index (χ1) is 9.97. The number of benzene rings is 2. The van der Waals surface area contributed by atoms with Gasteiger partial charge in [0.15, 0.2) is 0 Å². The number of hydrogen-bond acceptors (Lipinski definition) is 2. The van der Waals surface area contributed by atoms with Gasteiger partial charge in [-0.15, -0.1) is 0 Å². The minimum atomic E-state index is -0.524. The second-order valence-corrected chi connectivity index (χ2v) is 4.71. The van der Waals surface area contributed by atoms with E-state index in [-0.39, 0.29) is 18.0 Å². The Morgan fingerprint density at radius 3 is 2.57 bits per heavy atom. The van der Waals surface area contributed by atoms with E-state index < -0.39 is 11.7 Å². The highest BCUT2D eigenvalue weighted by Crippen LogP contribution is 2.10. The Hall–Kier alpha value is -2.69. The van der Waals surface area contributed by atoms with Gasteiger partial charge in [-0.3, -0.25) is 9.59 Å². The van der Waals surface area contributed by atoms with Gasteiger partial charge in [0.2, 0.25) is 5.91 Å². The lowest BCUT2D eigenvalue weighted by Crippen LogP contribution is -2.23. The number of halogens is 1. The van der Waals surface area contributed by atoms with E-state index in [1.807, 2.05) is 0 Å². The first-order valence-corrected chi connectivity index (χ1v) is 6.40. The van der Waals surface area contributed by atoms with Crippen molar-refractivity contribution in [1.82, 2.24) is 5.32 Å². The number of carbonyl (C=O) groups excluding carboxylic acids is 2. The van der Waals surface area contributed by atoms with E-state index >= 15 is 0 Å². The van der Waals surface area contributed by atoms with Crippen LogP contribution in [-0.2, 0) is 6.54 Å². The molecular weight excluding hydrogens is 271 g/mol. The molecule has 2 aromatic carbocycles. The van der Waals surface area contributed by atoms with Crippen LogP contribution in [0.4, 0.5) is 4.39 Å². The monoisotopic (exact) mass is 286 g/mol. The zero-order chi connectivity index (χ0) is 15.4. The van der Waals surface area contributed by atoms with Gasteiger partial charge in [0.1, 0.15) is 5.82 Å². The van der Waals surface area contributed by atoms with Crippen molar-refractivity contribution >= 4 is 11.8 Å². The normalized spacial score (nSPS) is 10.2. The molecule has 0 atom stereocenters.